The second-order valence-corrected chi connectivity index (χ2v) is 5.87. The fourth-order valence-corrected chi connectivity index (χ4v) is 4.78. The molecule has 1 aliphatic carbocycles. The Kier molecular flexibility index (Phi) is 3.01. The Morgan fingerprint density at radius 1 is 1.15 bits per heavy atom. The largest absolute Gasteiger partial charge is 1.00 e. The molecular formula is C9H12BrNS2. The summed E-state index contributed by atoms with van der Waals surface area (Å²) in [5.74, 6) is 1.30. The van der Waals surface area contributed by atoms with Gasteiger partial charge in [0.25, 0.3) is 4.34 Å². The molecule has 0 radical (unpaired) electrons. The fraction of sp³-hybridized carbons (Fsp3) is 0.667. The number of fused-ring (bicyclic) bond motifs is 3. The van der Waals surface area contributed by atoms with Gasteiger partial charge in [-0.3, -0.25) is 0 Å². The van der Waals surface area contributed by atoms with Crippen LogP contribution in [-0.4, -0.2) is 5.75 Å². The van der Waals surface area contributed by atoms with Gasteiger partial charge >= 0.3 is 0 Å². The summed E-state index contributed by atoms with van der Waals surface area (Å²) < 4.78 is 4.13. The first-order valence-electron chi connectivity index (χ1n) is 4.62. The van der Waals surface area contributed by atoms with Crippen molar-refractivity contribution in [3.05, 3.63) is 10.6 Å². The van der Waals surface area contributed by atoms with Crippen LogP contribution in [0.15, 0.2) is 4.34 Å². The highest BCUT2D eigenvalue weighted by Gasteiger charge is 2.31. The average molecular weight is 278 g/mol. The normalized spacial score (nSPS) is 19.1. The molecule has 0 fully saturated rings. The van der Waals surface area contributed by atoms with Crippen LogP contribution in [0, 0.1) is 0 Å². The van der Waals surface area contributed by atoms with E-state index < -0.39 is 0 Å². The molecule has 0 N–H and O–H groups in total. The van der Waals surface area contributed by atoms with Gasteiger partial charge in [-0.25, -0.2) is 0 Å². The lowest BCUT2D eigenvalue weighted by Gasteiger charge is -2.05. The number of thioether (sulfide) groups is 1. The van der Waals surface area contributed by atoms with Gasteiger partial charge in [0.15, 0.2) is 12.2 Å². The van der Waals surface area contributed by atoms with E-state index in [0.29, 0.717) is 0 Å². The van der Waals surface area contributed by atoms with Crippen LogP contribution >= 0.6 is 23.1 Å². The molecular weight excluding hydrogens is 266 g/mol. The van der Waals surface area contributed by atoms with Gasteiger partial charge in [-0.05, 0) is 31.0 Å². The molecule has 0 bridgehead atoms. The Morgan fingerprint density at radius 2 is 2.00 bits per heavy atom. The highest BCUT2D eigenvalue weighted by atomic mass is 79.9. The SMILES string of the molecule is C1CCc2c(sc3[n+]2CCS3)C1.[Br-]. The zero-order valence-corrected chi connectivity index (χ0v) is 10.6. The van der Waals surface area contributed by atoms with Gasteiger partial charge in [0.1, 0.15) is 0 Å². The minimum Gasteiger partial charge on any atom is -1.00 e. The van der Waals surface area contributed by atoms with Crippen molar-refractivity contribution in [3.8, 4) is 0 Å². The molecule has 1 aromatic heterocycles. The second kappa shape index (κ2) is 3.91. The van der Waals surface area contributed by atoms with Gasteiger partial charge in [0, 0.05) is 6.42 Å². The Labute approximate surface area is 97.3 Å². The molecule has 0 atom stereocenters. The van der Waals surface area contributed by atoms with Crippen molar-refractivity contribution in [3.63, 3.8) is 0 Å². The first-order valence-corrected chi connectivity index (χ1v) is 6.42. The number of thiazole rings is 1. The van der Waals surface area contributed by atoms with Crippen molar-refractivity contribution in [2.24, 2.45) is 0 Å². The van der Waals surface area contributed by atoms with Gasteiger partial charge in [-0.1, -0.05) is 11.3 Å². The molecule has 4 heteroatoms. The first kappa shape index (κ1) is 9.99. The fourth-order valence-electron chi connectivity index (χ4n) is 2.09. The molecule has 2 aliphatic rings. The third-order valence-electron chi connectivity index (χ3n) is 2.69. The number of hydrogen-bond acceptors (Lipinski definition) is 2. The van der Waals surface area contributed by atoms with E-state index in [4.69, 9.17) is 0 Å². The number of aryl methyl sites for hydroxylation is 1. The maximum Gasteiger partial charge on any atom is 0.298 e. The van der Waals surface area contributed by atoms with Crippen LogP contribution in [0.1, 0.15) is 23.4 Å². The summed E-state index contributed by atoms with van der Waals surface area (Å²) >= 11 is 4.09. The zero-order valence-electron chi connectivity index (χ0n) is 7.38. The maximum atomic E-state index is 2.56. The Bertz CT molecular complexity index is 322. The van der Waals surface area contributed by atoms with E-state index in [0.717, 1.165) is 0 Å². The molecule has 1 aromatic rings. The standard InChI is InChI=1S/C9H12NS2.BrH/c1-2-4-8-7(3-1)10-5-6-11-9(10)12-8;/h1-6H2;1H/q+1;/p-1. The molecule has 2 heterocycles. The van der Waals surface area contributed by atoms with E-state index in [1.54, 1.807) is 14.9 Å². The van der Waals surface area contributed by atoms with Gasteiger partial charge in [-0.2, -0.15) is 4.57 Å². The quantitative estimate of drug-likeness (QED) is 0.552. The van der Waals surface area contributed by atoms with Crippen molar-refractivity contribution in [2.45, 2.75) is 36.6 Å². The Morgan fingerprint density at radius 3 is 2.92 bits per heavy atom. The topological polar surface area (TPSA) is 3.88 Å². The van der Waals surface area contributed by atoms with E-state index in [-0.39, 0.29) is 17.0 Å². The third-order valence-corrected chi connectivity index (χ3v) is 5.23. The van der Waals surface area contributed by atoms with E-state index in [2.05, 4.69) is 15.9 Å². The lowest BCUT2D eigenvalue weighted by Crippen LogP contribution is -3.00. The van der Waals surface area contributed by atoms with Gasteiger partial charge in [0.05, 0.1) is 10.6 Å². The van der Waals surface area contributed by atoms with E-state index in [1.165, 1.54) is 38.0 Å². The molecule has 72 valence electrons. The molecule has 0 spiro atoms. The van der Waals surface area contributed by atoms with Crippen molar-refractivity contribution in [2.75, 3.05) is 5.75 Å². The van der Waals surface area contributed by atoms with E-state index >= 15 is 0 Å². The second-order valence-electron chi connectivity index (χ2n) is 3.45. The molecule has 0 unspecified atom stereocenters. The molecule has 1 aliphatic heterocycles. The molecule has 0 aromatic carbocycles. The summed E-state index contributed by atoms with van der Waals surface area (Å²) in [7, 11) is 0. The van der Waals surface area contributed by atoms with Crippen LogP contribution in [0.4, 0.5) is 0 Å². The number of aromatic nitrogens is 1. The minimum absolute atomic E-state index is 0. The summed E-state index contributed by atoms with van der Waals surface area (Å²) in [6, 6.07) is 0. The zero-order chi connectivity index (χ0) is 7.97. The average Bonchev–Trinajstić information content (AvgIpc) is 2.62. The predicted molar refractivity (Wildman–Crippen MR) is 51.9 cm³/mol. The molecule has 0 saturated carbocycles. The van der Waals surface area contributed by atoms with Crippen LogP contribution in [-0.2, 0) is 19.4 Å². The van der Waals surface area contributed by atoms with Crippen LogP contribution in [0.3, 0.4) is 0 Å². The Balaban J connectivity index is 0.000000653. The van der Waals surface area contributed by atoms with Gasteiger partial charge in [0.2, 0.25) is 0 Å². The monoisotopic (exact) mass is 277 g/mol. The summed E-state index contributed by atoms with van der Waals surface area (Å²) in [4.78, 5) is 1.68. The van der Waals surface area contributed by atoms with Gasteiger partial charge in [-0.15, -0.1) is 0 Å². The van der Waals surface area contributed by atoms with Crippen molar-refractivity contribution in [1.29, 1.82) is 0 Å². The van der Waals surface area contributed by atoms with Crippen molar-refractivity contribution in [1.82, 2.24) is 0 Å². The van der Waals surface area contributed by atoms with Crippen LogP contribution in [0.25, 0.3) is 0 Å². The third kappa shape index (κ3) is 1.57. The number of nitrogens with zero attached hydrogens (tertiary/aromatic N) is 1. The summed E-state index contributed by atoms with van der Waals surface area (Å²) in [5, 5.41) is 0. The highest BCUT2D eigenvalue weighted by Crippen LogP contribution is 2.33. The van der Waals surface area contributed by atoms with Crippen molar-refractivity contribution >= 4 is 23.1 Å². The summed E-state index contributed by atoms with van der Waals surface area (Å²) in [6.45, 7) is 1.27. The van der Waals surface area contributed by atoms with Crippen LogP contribution in [0.5, 0.6) is 0 Å². The number of hydrogen-bond donors (Lipinski definition) is 0. The highest BCUT2D eigenvalue weighted by molar-refractivity contribution is 8.01. The lowest BCUT2D eigenvalue weighted by atomic mass is 10.0. The van der Waals surface area contributed by atoms with E-state index in [1.807, 2.05) is 11.8 Å². The van der Waals surface area contributed by atoms with E-state index in [9.17, 15) is 0 Å². The molecule has 0 saturated heterocycles. The number of rotatable bonds is 0. The molecule has 1 nitrogen and oxygen atoms in total. The Hall–Kier alpha value is 0.460. The van der Waals surface area contributed by atoms with Gasteiger partial charge < -0.3 is 17.0 Å². The number of halogens is 1. The molecule has 3 rings (SSSR count). The maximum absolute atomic E-state index is 2.56. The first-order chi connectivity index (χ1) is 5.95. The predicted octanol–water partition coefficient (Wildman–Crippen LogP) is -0.976. The summed E-state index contributed by atoms with van der Waals surface area (Å²) in [5.41, 5.74) is 1.67. The molecule has 0 amide bonds. The summed E-state index contributed by atoms with van der Waals surface area (Å²) in [6.07, 6.45) is 5.51. The lowest BCUT2D eigenvalue weighted by molar-refractivity contribution is -0.724. The van der Waals surface area contributed by atoms with Crippen LogP contribution in [0.2, 0.25) is 0 Å². The van der Waals surface area contributed by atoms with Crippen molar-refractivity contribution < 1.29 is 21.5 Å². The van der Waals surface area contributed by atoms with Crippen LogP contribution < -0.4 is 21.5 Å². The smallest absolute Gasteiger partial charge is 0.298 e. The minimum atomic E-state index is 0. The molecule has 13 heavy (non-hydrogen) atoms.